The lowest BCUT2D eigenvalue weighted by atomic mass is 9.82. The van der Waals surface area contributed by atoms with Gasteiger partial charge in [0.1, 0.15) is 0 Å². The van der Waals surface area contributed by atoms with Crippen molar-refractivity contribution in [1.29, 1.82) is 0 Å². The molecule has 0 aliphatic heterocycles. The van der Waals surface area contributed by atoms with Crippen molar-refractivity contribution in [2.24, 2.45) is 5.73 Å². The second-order valence-corrected chi connectivity index (χ2v) is 21.8. The quantitative estimate of drug-likeness (QED) is 0.0716. The number of rotatable bonds is 2. The van der Waals surface area contributed by atoms with E-state index in [0.29, 0.717) is 68.5 Å². The molecular weight excluding hydrogens is 1150 g/mol. The smallest absolute Gasteiger partial charge is 0.196 e. The largest absolute Gasteiger partial charge is 0.399 e. The highest BCUT2D eigenvalue weighted by Gasteiger charge is 2.35. The van der Waals surface area contributed by atoms with E-state index in [9.17, 15) is 28.8 Å². The lowest BCUT2D eigenvalue weighted by Crippen LogP contribution is -2.23. The molecule has 0 saturated heterocycles. The van der Waals surface area contributed by atoms with Gasteiger partial charge in [0.25, 0.3) is 0 Å². The molecule has 22 N–H and O–H groups in total. The molecule has 0 radical (unpaired) electrons. The van der Waals surface area contributed by atoms with Crippen molar-refractivity contribution in [3.05, 3.63) is 308 Å². The number of nitrogens with two attached hydrogens (primary N) is 11. The molecule has 0 unspecified atom stereocenters. The Labute approximate surface area is 532 Å². The summed E-state index contributed by atoms with van der Waals surface area (Å²) in [5.74, 6) is -0.756. The summed E-state index contributed by atoms with van der Waals surface area (Å²) in [6.45, 7) is 6.98. The molecule has 92 heavy (non-hydrogen) atoms. The fourth-order valence-corrected chi connectivity index (χ4v) is 10.3. The number of hydrogen-bond donors (Lipinski definition) is 11. The molecule has 0 bridgehead atoms. The topological polar surface area (TPSA) is 389 Å². The summed E-state index contributed by atoms with van der Waals surface area (Å²) >= 11 is 0. The van der Waals surface area contributed by atoms with Crippen LogP contribution in [0.3, 0.4) is 0 Å². The fourth-order valence-electron chi connectivity index (χ4n) is 10.3. The molecule has 0 heterocycles. The Bertz CT molecular complexity index is 4430. The van der Waals surface area contributed by atoms with Gasteiger partial charge in [0, 0.05) is 102 Å². The number of nitrogen functional groups attached to an aromatic ring is 10. The van der Waals surface area contributed by atoms with Crippen molar-refractivity contribution < 1.29 is 28.8 Å². The first-order valence-electron chi connectivity index (χ1n) is 29.1. The Morgan fingerprint density at radius 3 is 1.03 bits per heavy atom. The molecule has 0 aromatic heterocycles. The maximum absolute atomic E-state index is 12.3. The van der Waals surface area contributed by atoms with Crippen LogP contribution >= 0.6 is 0 Å². The molecule has 11 aromatic rings. The lowest BCUT2D eigenvalue weighted by molar-refractivity contribution is 0.0980. The van der Waals surface area contributed by atoms with Crippen LogP contribution in [0.25, 0.3) is 10.8 Å². The molecular formula is C75H71N11O6. The Balaban J connectivity index is 0.000000141. The van der Waals surface area contributed by atoms with E-state index in [-0.39, 0.29) is 79.6 Å². The Hall–Kier alpha value is -12.3. The van der Waals surface area contributed by atoms with Gasteiger partial charge >= 0.3 is 0 Å². The van der Waals surface area contributed by atoms with Gasteiger partial charge in [0.15, 0.2) is 34.7 Å². The predicted octanol–water partition coefficient (Wildman–Crippen LogP) is 12.0. The van der Waals surface area contributed by atoms with E-state index >= 15 is 0 Å². The van der Waals surface area contributed by atoms with Gasteiger partial charge in [-0.15, -0.1) is 0 Å². The molecule has 3 aliphatic rings. The van der Waals surface area contributed by atoms with E-state index in [1.807, 2.05) is 91.9 Å². The minimum atomic E-state index is -0.245. The molecule has 0 spiro atoms. The average molecular weight is 1220 g/mol. The SMILES string of the molecule is CC(C)c1ccccc1.Cc1cc(N)ccc1N.NCc1ccccc1.Nc1ccc(N)c2c1C(=O)c1ccccc1C2=O.Nc1ccc2c(c1N)C(=O)c1ccccc1C2=O.Nc1cccc2c(N)cccc12.Nc1cccc2c1C(=O)c1cccc(N)c1C2=O. The molecule has 17 nitrogen and oxygen atoms in total. The van der Waals surface area contributed by atoms with Gasteiger partial charge in [-0.2, -0.15) is 0 Å². The highest BCUT2D eigenvalue weighted by atomic mass is 16.2. The number of anilines is 10. The molecule has 17 heteroatoms. The predicted molar refractivity (Wildman–Crippen MR) is 373 cm³/mol. The van der Waals surface area contributed by atoms with Crippen LogP contribution in [0.15, 0.2) is 224 Å². The van der Waals surface area contributed by atoms with Gasteiger partial charge in [-0.05, 0) is 96.3 Å². The summed E-state index contributed by atoms with van der Waals surface area (Å²) in [6.07, 6.45) is 0. The number of hydrogen-bond acceptors (Lipinski definition) is 17. The number of carbonyl (C=O) groups excluding carboxylic acids is 6. The van der Waals surface area contributed by atoms with Crippen molar-refractivity contribution in [1.82, 2.24) is 0 Å². The second kappa shape index (κ2) is 29.1. The molecule has 0 fully saturated rings. The molecule has 462 valence electrons. The number of fused-ring (bicyclic) bond motifs is 7. The van der Waals surface area contributed by atoms with E-state index in [4.69, 9.17) is 63.1 Å². The molecule has 11 aromatic carbocycles. The maximum atomic E-state index is 12.3. The normalized spacial score (nSPS) is 11.8. The monoisotopic (exact) mass is 1220 g/mol. The van der Waals surface area contributed by atoms with E-state index in [2.05, 4.69) is 38.1 Å². The van der Waals surface area contributed by atoms with Crippen LogP contribution < -0.4 is 63.1 Å². The van der Waals surface area contributed by atoms with Crippen LogP contribution in [0, 0.1) is 6.92 Å². The Kier molecular flexibility index (Phi) is 20.8. The summed E-state index contributed by atoms with van der Waals surface area (Å²) in [6, 6.07) is 66.8. The molecule has 3 aliphatic carbocycles. The summed E-state index contributed by atoms with van der Waals surface area (Å²) < 4.78 is 0. The third-order valence-corrected chi connectivity index (χ3v) is 15.3. The minimum Gasteiger partial charge on any atom is -0.399 e. The van der Waals surface area contributed by atoms with Crippen LogP contribution in [0.5, 0.6) is 0 Å². The first-order chi connectivity index (χ1) is 44.0. The first-order valence-corrected chi connectivity index (χ1v) is 29.1. The average Bonchev–Trinajstić information content (AvgIpc) is 0.771. The van der Waals surface area contributed by atoms with E-state index in [0.717, 1.165) is 39.1 Å². The van der Waals surface area contributed by atoms with Gasteiger partial charge in [-0.1, -0.05) is 172 Å². The van der Waals surface area contributed by atoms with Crippen molar-refractivity contribution in [3.8, 4) is 0 Å². The first kappa shape index (κ1) is 65.6. The Morgan fingerprint density at radius 1 is 0.293 bits per heavy atom. The van der Waals surface area contributed by atoms with Crippen molar-refractivity contribution >= 4 is 102 Å². The number of aryl methyl sites for hydroxylation is 1. The molecule has 14 rings (SSSR count). The zero-order valence-electron chi connectivity index (χ0n) is 50.9. The van der Waals surface area contributed by atoms with Gasteiger partial charge in [0.2, 0.25) is 0 Å². The maximum Gasteiger partial charge on any atom is 0.196 e. The Morgan fingerprint density at radius 2 is 0.630 bits per heavy atom. The van der Waals surface area contributed by atoms with Crippen LogP contribution in [-0.4, -0.2) is 34.7 Å². The summed E-state index contributed by atoms with van der Waals surface area (Å²) in [7, 11) is 0. The van der Waals surface area contributed by atoms with E-state index in [1.54, 1.807) is 115 Å². The zero-order chi connectivity index (χ0) is 66.5. The van der Waals surface area contributed by atoms with Crippen molar-refractivity contribution in [2.45, 2.75) is 33.2 Å². The van der Waals surface area contributed by atoms with Gasteiger partial charge in [-0.3, -0.25) is 28.8 Å². The van der Waals surface area contributed by atoms with Crippen molar-refractivity contribution in [2.75, 3.05) is 57.3 Å². The van der Waals surface area contributed by atoms with Crippen LogP contribution in [0.1, 0.15) is 132 Å². The third-order valence-electron chi connectivity index (χ3n) is 15.3. The number of benzene rings is 11. The fraction of sp³-hybridized carbons (Fsp3) is 0.0667. The standard InChI is InChI=1S/3C14H10N2O2.C10H10N2.C9H12.C7H10N2.C7H9N/c15-9-5-1-3-7-11(9)14(18)8-4-2-6-10(16)12(8)13(7)17;15-9-5-6-10(16)12-11(9)13(17)7-3-1-2-4-8(7)14(12)18;15-10-6-5-9-11(12(10)16)14(18)8-4-2-1-3-7(8)13(9)17;11-9-5-1-3-7-8(9)4-2-6-10(7)12;1-8(2)9-6-4-3-5-7-9;1-5-4-6(8)2-3-7(5)9;8-6-7-4-2-1-3-5-7/h3*1-6H,15-16H2;1-6H,11-12H2;3-8H,1-2H3;2-4H,8-9H2,1H3;1-5H,6,8H2. The van der Waals surface area contributed by atoms with E-state index < -0.39 is 0 Å². The number of carbonyl (C=O) groups is 6. The molecule has 0 atom stereocenters. The minimum absolute atomic E-state index is 0.181. The van der Waals surface area contributed by atoms with E-state index in [1.165, 1.54) is 11.1 Å². The number of ketones is 6. The van der Waals surface area contributed by atoms with Crippen LogP contribution in [0.4, 0.5) is 56.9 Å². The summed E-state index contributed by atoms with van der Waals surface area (Å²) in [4.78, 5) is 74.0. The summed E-state index contributed by atoms with van der Waals surface area (Å²) in [5, 5.41) is 2.05. The zero-order valence-corrected chi connectivity index (χ0v) is 50.9. The van der Waals surface area contributed by atoms with Crippen LogP contribution in [-0.2, 0) is 6.54 Å². The highest BCUT2D eigenvalue weighted by Crippen LogP contribution is 2.37. The molecule has 0 saturated carbocycles. The van der Waals surface area contributed by atoms with Gasteiger partial charge in [-0.25, -0.2) is 0 Å². The lowest BCUT2D eigenvalue weighted by Gasteiger charge is -2.20. The van der Waals surface area contributed by atoms with Crippen molar-refractivity contribution in [3.63, 3.8) is 0 Å². The van der Waals surface area contributed by atoms with Crippen LogP contribution in [0.2, 0.25) is 0 Å². The summed E-state index contributed by atoms with van der Waals surface area (Å²) in [5.41, 5.74) is 74.8. The highest BCUT2D eigenvalue weighted by molar-refractivity contribution is 6.33. The second-order valence-electron chi connectivity index (χ2n) is 21.8. The third kappa shape index (κ3) is 14.3. The van der Waals surface area contributed by atoms with Gasteiger partial charge in [0.05, 0.1) is 39.2 Å². The molecule has 0 amide bonds. The van der Waals surface area contributed by atoms with Gasteiger partial charge < -0.3 is 63.1 Å².